The van der Waals surface area contributed by atoms with Crippen molar-refractivity contribution in [2.75, 3.05) is 0 Å². The Morgan fingerprint density at radius 2 is 2.12 bits per heavy atom. The van der Waals surface area contributed by atoms with Crippen LogP contribution in [0, 0.1) is 0 Å². The number of thiophene rings is 2. The molecule has 0 fully saturated rings. The molecule has 0 aliphatic heterocycles. The van der Waals surface area contributed by atoms with Gasteiger partial charge < -0.3 is 0 Å². The first kappa shape index (κ1) is 12.1. The number of hydrogen-bond acceptors (Lipinski definition) is 3. The zero-order valence-corrected chi connectivity index (χ0v) is 11.5. The average Bonchev–Trinajstić information content (AvgIpc) is 2.75. The molecule has 0 aliphatic rings. The Morgan fingerprint density at radius 1 is 1.31 bits per heavy atom. The van der Waals surface area contributed by atoms with Crippen LogP contribution in [0.3, 0.4) is 0 Å². The van der Waals surface area contributed by atoms with Crippen LogP contribution in [0.4, 0.5) is 0 Å². The number of fused-ring (bicyclic) bond motifs is 1. The quantitative estimate of drug-likeness (QED) is 0.548. The Labute approximate surface area is 108 Å². The predicted molar refractivity (Wildman–Crippen MR) is 73.1 cm³/mol. The van der Waals surface area contributed by atoms with Crippen LogP contribution in [0.15, 0.2) is 12.1 Å². The second kappa shape index (κ2) is 5.30. The van der Waals surface area contributed by atoms with Crippen LogP contribution in [0.25, 0.3) is 9.40 Å². The fraction of sp³-hybridized carbons (Fsp3) is 0.417. The molecule has 0 aliphatic carbocycles. The van der Waals surface area contributed by atoms with Crippen molar-refractivity contribution in [1.29, 1.82) is 0 Å². The molecule has 0 radical (unpaired) electrons. The molecule has 0 bridgehead atoms. The lowest BCUT2D eigenvalue weighted by Crippen LogP contribution is -1.80. The molecular formula is C12H13ClOS2. The minimum Gasteiger partial charge on any atom is -0.275 e. The van der Waals surface area contributed by atoms with Crippen molar-refractivity contribution in [3.05, 3.63) is 21.9 Å². The van der Waals surface area contributed by atoms with Gasteiger partial charge in [0.2, 0.25) is 0 Å². The van der Waals surface area contributed by atoms with Gasteiger partial charge in [0, 0.05) is 10.3 Å². The van der Waals surface area contributed by atoms with E-state index in [9.17, 15) is 4.79 Å². The van der Waals surface area contributed by atoms with E-state index in [0.29, 0.717) is 4.88 Å². The van der Waals surface area contributed by atoms with Crippen molar-refractivity contribution in [3.63, 3.8) is 0 Å². The molecule has 86 valence electrons. The number of carbonyl (C=O) groups excluding carboxylic acids is 1. The van der Waals surface area contributed by atoms with Crippen LogP contribution in [-0.2, 0) is 6.42 Å². The summed E-state index contributed by atoms with van der Waals surface area (Å²) in [5.74, 6) is 0. The largest absolute Gasteiger partial charge is 0.275 e. The molecule has 0 atom stereocenters. The van der Waals surface area contributed by atoms with Crippen molar-refractivity contribution < 1.29 is 4.79 Å². The molecule has 2 rings (SSSR count). The maximum Gasteiger partial charge on any atom is 0.262 e. The van der Waals surface area contributed by atoms with E-state index in [2.05, 4.69) is 13.0 Å². The SMILES string of the molecule is CCCCCc1cc2cc(C(=O)Cl)sc2s1. The van der Waals surface area contributed by atoms with Gasteiger partial charge in [-0.1, -0.05) is 19.8 Å². The third-order valence-corrected chi connectivity index (χ3v) is 5.25. The molecule has 0 aromatic carbocycles. The van der Waals surface area contributed by atoms with E-state index >= 15 is 0 Å². The molecular weight excluding hydrogens is 260 g/mol. The monoisotopic (exact) mass is 272 g/mol. The zero-order chi connectivity index (χ0) is 11.5. The summed E-state index contributed by atoms with van der Waals surface area (Å²) in [7, 11) is 0. The van der Waals surface area contributed by atoms with Gasteiger partial charge in [0.05, 0.1) is 8.89 Å². The molecule has 2 heterocycles. The van der Waals surface area contributed by atoms with E-state index in [1.165, 1.54) is 44.9 Å². The highest BCUT2D eigenvalue weighted by atomic mass is 35.5. The van der Waals surface area contributed by atoms with E-state index in [1.54, 1.807) is 11.3 Å². The van der Waals surface area contributed by atoms with E-state index in [-0.39, 0.29) is 5.24 Å². The molecule has 0 spiro atoms. The van der Waals surface area contributed by atoms with Gasteiger partial charge in [0.15, 0.2) is 0 Å². The highest BCUT2D eigenvalue weighted by molar-refractivity contribution is 7.39. The van der Waals surface area contributed by atoms with Gasteiger partial charge in [0.1, 0.15) is 0 Å². The zero-order valence-electron chi connectivity index (χ0n) is 9.09. The van der Waals surface area contributed by atoms with Crippen LogP contribution in [0.2, 0.25) is 0 Å². The summed E-state index contributed by atoms with van der Waals surface area (Å²) >= 11 is 8.75. The van der Waals surface area contributed by atoms with Crippen molar-refractivity contribution >= 4 is 48.9 Å². The van der Waals surface area contributed by atoms with Gasteiger partial charge in [-0.15, -0.1) is 22.7 Å². The summed E-state index contributed by atoms with van der Waals surface area (Å²) in [4.78, 5) is 13.1. The first-order chi connectivity index (χ1) is 7.70. The highest BCUT2D eigenvalue weighted by Crippen LogP contribution is 2.34. The molecule has 1 nitrogen and oxygen atoms in total. The number of aryl methyl sites for hydroxylation is 1. The number of rotatable bonds is 5. The fourth-order valence-corrected chi connectivity index (χ4v) is 4.20. The van der Waals surface area contributed by atoms with Crippen LogP contribution >= 0.6 is 34.3 Å². The second-order valence-electron chi connectivity index (χ2n) is 3.80. The van der Waals surface area contributed by atoms with E-state index in [0.717, 1.165) is 6.42 Å². The summed E-state index contributed by atoms with van der Waals surface area (Å²) in [6.45, 7) is 2.21. The highest BCUT2D eigenvalue weighted by Gasteiger charge is 2.10. The van der Waals surface area contributed by atoms with Crippen molar-refractivity contribution in [1.82, 2.24) is 0 Å². The summed E-state index contributed by atoms with van der Waals surface area (Å²) in [6.07, 6.45) is 4.96. The van der Waals surface area contributed by atoms with E-state index in [1.807, 2.05) is 6.07 Å². The maximum atomic E-state index is 11.0. The lowest BCUT2D eigenvalue weighted by Gasteiger charge is -1.94. The molecule has 0 N–H and O–H groups in total. The molecule has 2 aromatic rings. The topological polar surface area (TPSA) is 17.1 Å². The van der Waals surface area contributed by atoms with Gasteiger partial charge in [-0.25, -0.2) is 0 Å². The van der Waals surface area contributed by atoms with E-state index < -0.39 is 0 Å². The van der Waals surface area contributed by atoms with E-state index in [4.69, 9.17) is 11.6 Å². The van der Waals surface area contributed by atoms with Gasteiger partial charge in [-0.2, -0.15) is 0 Å². The average molecular weight is 273 g/mol. The molecule has 0 unspecified atom stereocenters. The lowest BCUT2D eigenvalue weighted by molar-refractivity contribution is 0.108. The molecule has 4 heteroatoms. The molecule has 16 heavy (non-hydrogen) atoms. The van der Waals surface area contributed by atoms with Crippen LogP contribution in [0.1, 0.15) is 40.7 Å². The fourth-order valence-electron chi connectivity index (χ4n) is 1.66. The van der Waals surface area contributed by atoms with Gasteiger partial charge in [0.25, 0.3) is 5.24 Å². The Kier molecular flexibility index (Phi) is 4.00. The molecule has 0 amide bonds. The first-order valence-electron chi connectivity index (χ1n) is 5.42. The Balaban J connectivity index is 2.13. The Morgan fingerprint density at radius 3 is 2.75 bits per heavy atom. The Bertz CT molecular complexity index is 467. The van der Waals surface area contributed by atoms with Gasteiger partial charge in [-0.05, 0) is 36.6 Å². The number of unbranched alkanes of at least 4 members (excludes halogenated alkanes) is 2. The molecule has 2 aromatic heterocycles. The third-order valence-electron chi connectivity index (χ3n) is 2.49. The third kappa shape index (κ3) is 2.65. The minimum absolute atomic E-state index is 0.346. The second-order valence-corrected chi connectivity index (χ2v) is 6.59. The molecule has 0 saturated heterocycles. The summed E-state index contributed by atoms with van der Waals surface area (Å²) < 4.78 is 1.22. The predicted octanol–water partition coefficient (Wildman–Crippen LogP) is 5.07. The van der Waals surface area contributed by atoms with Crippen molar-refractivity contribution in [2.24, 2.45) is 0 Å². The first-order valence-corrected chi connectivity index (χ1v) is 7.44. The van der Waals surface area contributed by atoms with Gasteiger partial charge >= 0.3 is 0 Å². The smallest absolute Gasteiger partial charge is 0.262 e. The number of hydrogen-bond donors (Lipinski definition) is 0. The van der Waals surface area contributed by atoms with Crippen LogP contribution in [-0.4, -0.2) is 5.24 Å². The normalized spacial score (nSPS) is 11.1. The summed E-state index contributed by atoms with van der Waals surface area (Å²) in [6, 6.07) is 4.09. The number of carbonyl (C=O) groups is 1. The van der Waals surface area contributed by atoms with Gasteiger partial charge in [-0.3, -0.25) is 4.79 Å². The summed E-state index contributed by atoms with van der Waals surface area (Å²) in [5, 5.41) is 0.825. The van der Waals surface area contributed by atoms with Crippen molar-refractivity contribution in [3.8, 4) is 0 Å². The van der Waals surface area contributed by atoms with Crippen LogP contribution < -0.4 is 0 Å². The maximum absolute atomic E-state index is 11.0. The Hall–Kier alpha value is -0.380. The lowest BCUT2D eigenvalue weighted by atomic mass is 10.2. The standard InChI is InChI=1S/C12H13ClOS2/c1-2-3-4-5-9-6-8-7-10(11(13)14)16-12(8)15-9/h6-7H,2-5H2,1H3. The van der Waals surface area contributed by atoms with Crippen LogP contribution in [0.5, 0.6) is 0 Å². The van der Waals surface area contributed by atoms with Crippen molar-refractivity contribution in [2.45, 2.75) is 32.6 Å². The summed E-state index contributed by atoms with van der Waals surface area (Å²) in [5.41, 5.74) is 0. The number of halogens is 1. The minimum atomic E-state index is -0.346. The molecule has 0 saturated carbocycles.